The van der Waals surface area contributed by atoms with Crippen LogP contribution in [0.1, 0.15) is 47.0 Å². The molecule has 0 radical (unpaired) electrons. The Kier molecular flexibility index (Phi) is 4.24. The van der Waals surface area contributed by atoms with Crippen LogP contribution in [0.2, 0.25) is 0 Å². The second-order valence-corrected chi connectivity index (χ2v) is 5.27. The van der Waals surface area contributed by atoms with Crippen LogP contribution >= 0.6 is 0 Å². The minimum Gasteiger partial charge on any atom is -0.314 e. The van der Waals surface area contributed by atoms with Gasteiger partial charge in [0.25, 0.3) is 0 Å². The van der Waals surface area contributed by atoms with Crippen LogP contribution < -0.4 is 5.32 Å². The molecule has 13 heavy (non-hydrogen) atoms. The first-order valence-corrected chi connectivity index (χ1v) is 5.83. The van der Waals surface area contributed by atoms with Gasteiger partial charge in [0.2, 0.25) is 0 Å². The van der Waals surface area contributed by atoms with Gasteiger partial charge in [0.15, 0.2) is 0 Å². The molecule has 1 saturated carbocycles. The maximum absolute atomic E-state index is 3.67. The van der Waals surface area contributed by atoms with E-state index in [1.807, 2.05) is 0 Å². The molecule has 0 aromatic rings. The fraction of sp³-hybridized carbons (Fsp3) is 1.00. The summed E-state index contributed by atoms with van der Waals surface area (Å²) in [5, 5.41) is 3.67. The van der Waals surface area contributed by atoms with Crippen molar-refractivity contribution in [3.05, 3.63) is 0 Å². The van der Waals surface area contributed by atoms with Gasteiger partial charge in [0, 0.05) is 6.04 Å². The van der Waals surface area contributed by atoms with Gasteiger partial charge in [0.1, 0.15) is 0 Å². The Morgan fingerprint density at radius 3 is 2.38 bits per heavy atom. The Morgan fingerprint density at radius 1 is 1.15 bits per heavy atom. The van der Waals surface area contributed by atoms with Crippen molar-refractivity contribution in [2.45, 2.75) is 53.0 Å². The van der Waals surface area contributed by atoms with Crippen molar-refractivity contribution in [1.29, 1.82) is 0 Å². The molecule has 1 aliphatic rings. The average molecular weight is 183 g/mol. The summed E-state index contributed by atoms with van der Waals surface area (Å²) >= 11 is 0. The highest BCUT2D eigenvalue weighted by Crippen LogP contribution is 2.29. The van der Waals surface area contributed by atoms with Crippen LogP contribution in [0.4, 0.5) is 0 Å². The van der Waals surface area contributed by atoms with Crippen LogP contribution in [0.3, 0.4) is 0 Å². The van der Waals surface area contributed by atoms with Gasteiger partial charge in [-0.1, -0.05) is 27.7 Å². The van der Waals surface area contributed by atoms with Gasteiger partial charge in [-0.15, -0.1) is 0 Å². The summed E-state index contributed by atoms with van der Waals surface area (Å²) in [5.74, 6) is 2.64. The summed E-state index contributed by atoms with van der Waals surface area (Å²) in [4.78, 5) is 0. The van der Waals surface area contributed by atoms with Gasteiger partial charge < -0.3 is 5.32 Å². The second-order valence-electron chi connectivity index (χ2n) is 5.27. The first-order valence-electron chi connectivity index (χ1n) is 5.83. The van der Waals surface area contributed by atoms with Crippen molar-refractivity contribution in [3.63, 3.8) is 0 Å². The molecule has 0 amide bonds. The predicted molar refractivity (Wildman–Crippen MR) is 58.8 cm³/mol. The van der Waals surface area contributed by atoms with Gasteiger partial charge in [-0.3, -0.25) is 0 Å². The monoisotopic (exact) mass is 183 g/mol. The highest BCUT2D eigenvalue weighted by molar-refractivity contribution is 4.79. The van der Waals surface area contributed by atoms with E-state index < -0.39 is 0 Å². The van der Waals surface area contributed by atoms with Crippen molar-refractivity contribution < 1.29 is 0 Å². The fourth-order valence-electron chi connectivity index (χ4n) is 2.14. The zero-order valence-corrected chi connectivity index (χ0v) is 9.64. The van der Waals surface area contributed by atoms with E-state index in [9.17, 15) is 0 Å². The molecule has 1 aliphatic carbocycles. The standard InChI is InChI=1S/C12H25N/c1-9(2)8-13-12-6-5-10(3)11(4)7-12/h9-13H,5-8H2,1-4H3. The molecular formula is C12H25N. The van der Waals surface area contributed by atoms with Crippen molar-refractivity contribution in [2.24, 2.45) is 17.8 Å². The third-order valence-corrected chi connectivity index (χ3v) is 3.41. The van der Waals surface area contributed by atoms with Crippen LogP contribution in [0.15, 0.2) is 0 Å². The Bertz CT molecular complexity index is 142. The van der Waals surface area contributed by atoms with E-state index in [-0.39, 0.29) is 0 Å². The quantitative estimate of drug-likeness (QED) is 0.709. The van der Waals surface area contributed by atoms with Gasteiger partial charge >= 0.3 is 0 Å². The molecule has 0 spiro atoms. The molecule has 78 valence electrons. The Hall–Kier alpha value is -0.0400. The molecule has 1 fully saturated rings. The lowest BCUT2D eigenvalue weighted by Gasteiger charge is -2.33. The molecule has 0 aromatic carbocycles. The SMILES string of the molecule is CC(C)CNC1CCC(C)C(C)C1. The summed E-state index contributed by atoms with van der Waals surface area (Å²) in [6.45, 7) is 10.5. The van der Waals surface area contributed by atoms with Gasteiger partial charge in [-0.05, 0) is 43.6 Å². The van der Waals surface area contributed by atoms with E-state index in [0.717, 1.165) is 23.8 Å². The molecule has 0 aliphatic heterocycles. The van der Waals surface area contributed by atoms with Crippen LogP contribution in [0.5, 0.6) is 0 Å². The summed E-state index contributed by atoms with van der Waals surface area (Å²) in [5.41, 5.74) is 0. The Morgan fingerprint density at radius 2 is 1.85 bits per heavy atom. The lowest BCUT2D eigenvalue weighted by atomic mass is 9.79. The number of rotatable bonds is 3. The largest absolute Gasteiger partial charge is 0.314 e. The fourth-order valence-corrected chi connectivity index (χ4v) is 2.14. The molecule has 0 aromatic heterocycles. The minimum absolute atomic E-state index is 0.787. The number of hydrogen-bond acceptors (Lipinski definition) is 1. The van der Waals surface area contributed by atoms with Gasteiger partial charge in [-0.25, -0.2) is 0 Å². The molecule has 1 nitrogen and oxygen atoms in total. The molecule has 0 bridgehead atoms. The normalized spacial score (nSPS) is 35.3. The number of hydrogen-bond donors (Lipinski definition) is 1. The van der Waals surface area contributed by atoms with E-state index in [4.69, 9.17) is 0 Å². The van der Waals surface area contributed by atoms with E-state index >= 15 is 0 Å². The third-order valence-electron chi connectivity index (χ3n) is 3.41. The Balaban J connectivity index is 2.21. The van der Waals surface area contributed by atoms with Crippen LogP contribution in [0.25, 0.3) is 0 Å². The lowest BCUT2D eigenvalue weighted by Crippen LogP contribution is -2.37. The van der Waals surface area contributed by atoms with E-state index in [1.165, 1.54) is 25.8 Å². The topological polar surface area (TPSA) is 12.0 Å². The van der Waals surface area contributed by atoms with Crippen molar-refractivity contribution >= 4 is 0 Å². The highest BCUT2D eigenvalue weighted by Gasteiger charge is 2.23. The smallest absolute Gasteiger partial charge is 0.00699 e. The average Bonchev–Trinajstić information content (AvgIpc) is 2.07. The van der Waals surface area contributed by atoms with E-state index in [1.54, 1.807) is 0 Å². The molecule has 1 heteroatoms. The molecule has 3 atom stereocenters. The van der Waals surface area contributed by atoms with Gasteiger partial charge in [0.05, 0.1) is 0 Å². The Labute approximate surface area is 83.3 Å². The summed E-state index contributed by atoms with van der Waals surface area (Å²) in [7, 11) is 0. The van der Waals surface area contributed by atoms with Crippen LogP contribution in [-0.2, 0) is 0 Å². The van der Waals surface area contributed by atoms with E-state index in [0.29, 0.717) is 0 Å². The number of nitrogens with one attached hydrogen (secondary N) is 1. The van der Waals surface area contributed by atoms with E-state index in [2.05, 4.69) is 33.0 Å². The molecule has 1 N–H and O–H groups in total. The lowest BCUT2D eigenvalue weighted by molar-refractivity contribution is 0.223. The molecule has 1 rings (SSSR count). The van der Waals surface area contributed by atoms with Crippen molar-refractivity contribution in [1.82, 2.24) is 5.32 Å². The molecular weight excluding hydrogens is 158 g/mol. The highest BCUT2D eigenvalue weighted by atomic mass is 14.9. The summed E-state index contributed by atoms with van der Waals surface area (Å²) < 4.78 is 0. The summed E-state index contributed by atoms with van der Waals surface area (Å²) in [6, 6.07) is 0.800. The zero-order valence-electron chi connectivity index (χ0n) is 9.64. The second kappa shape index (κ2) is 4.99. The first kappa shape index (κ1) is 11.0. The summed E-state index contributed by atoms with van der Waals surface area (Å²) in [6.07, 6.45) is 4.18. The molecule has 0 heterocycles. The molecule has 3 unspecified atom stereocenters. The van der Waals surface area contributed by atoms with Gasteiger partial charge in [-0.2, -0.15) is 0 Å². The molecule has 0 saturated heterocycles. The zero-order chi connectivity index (χ0) is 9.84. The minimum atomic E-state index is 0.787. The maximum atomic E-state index is 3.67. The van der Waals surface area contributed by atoms with Crippen LogP contribution in [-0.4, -0.2) is 12.6 Å². The van der Waals surface area contributed by atoms with Crippen LogP contribution in [0, 0.1) is 17.8 Å². The third kappa shape index (κ3) is 3.68. The van der Waals surface area contributed by atoms with Crippen molar-refractivity contribution in [3.8, 4) is 0 Å². The van der Waals surface area contributed by atoms with Crippen molar-refractivity contribution in [2.75, 3.05) is 6.54 Å². The predicted octanol–water partition coefficient (Wildman–Crippen LogP) is 3.06. The first-order chi connectivity index (χ1) is 6.09. The maximum Gasteiger partial charge on any atom is 0.00699 e.